The highest BCUT2D eigenvalue weighted by Crippen LogP contribution is 2.22. The van der Waals surface area contributed by atoms with Crippen LogP contribution in [0.5, 0.6) is 0 Å². The molecule has 0 unspecified atom stereocenters. The molecule has 124 valence electrons. The van der Waals surface area contributed by atoms with E-state index in [1.807, 2.05) is 18.5 Å². The first-order valence-electron chi connectivity index (χ1n) is 8.66. The summed E-state index contributed by atoms with van der Waals surface area (Å²) in [6.07, 6.45) is 8.27. The van der Waals surface area contributed by atoms with Crippen molar-refractivity contribution < 1.29 is 4.74 Å². The molecule has 1 aromatic carbocycles. The van der Waals surface area contributed by atoms with Crippen LogP contribution < -0.4 is 0 Å². The van der Waals surface area contributed by atoms with Crippen molar-refractivity contribution in [1.82, 2.24) is 14.9 Å². The fourth-order valence-corrected chi connectivity index (χ4v) is 3.46. The number of ether oxygens (including phenoxy) is 1. The van der Waals surface area contributed by atoms with Crippen molar-refractivity contribution in [2.45, 2.75) is 32.1 Å². The Balaban J connectivity index is 1.29. The Kier molecular flexibility index (Phi) is 4.58. The number of aromatic nitrogens is 2. The second-order valence-corrected chi connectivity index (χ2v) is 6.50. The number of nitrogens with one attached hydrogen (secondary N) is 1. The molecule has 0 spiro atoms. The summed E-state index contributed by atoms with van der Waals surface area (Å²) in [6.45, 7) is 3.88. The lowest BCUT2D eigenvalue weighted by atomic mass is 10.1. The average molecular weight is 321 g/mol. The number of aromatic amines is 1. The van der Waals surface area contributed by atoms with E-state index in [2.05, 4.69) is 45.2 Å². The standard InChI is InChI=1S/C20H23N3O/c1-4-17(19-6-10-22-20(19)5-1)14-23-11-7-18(8-12-23)24-15-16-3-2-9-21-13-16/h1-6,9-10,13,18,22H,7-8,11-12,14-15H2. The summed E-state index contributed by atoms with van der Waals surface area (Å²) < 4.78 is 6.05. The van der Waals surface area contributed by atoms with E-state index in [0.29, 0.717) is 12.7 Å². The summed E-state index contributed by atoms with van der Waals surface area (Å²) in [5.74, 6) is 0. The number of hydrogen-bond acceptors (Lipinski definition) is 3. The third-order valence-corrected chi connectivity index (χ3v) is 4.82. The SMILES string of the molecule is c1cncc(COC2CCN(Cc3cccc4[nH]ccc34)CC2)c1. The Morgan fingerprint density at radius 2 is 2.04 bits per heavy atom. The van der Waals surface area contributed by atoms with E-state index in [1.54, 1.807) is 6.20 Å². The monoisotopic (exact) mass is 321 g/mol. The Labute approximate surface area is 142 Å². The van der Waals surface area contributed by atoms with Crippen molar-refractivity contribution in [3.8, 4) is 0 Å². The Morgan fingerprint density at radius 3 is 2.88 bits per heavy atom. The number of fused-ring (bicyclic) bond motifs is 1. The summed E-state index contributed by atoms with van der Waals surface area (Å²) >= 11 is 0. The van der Waals surface area contributed by atoms with Crippen LogP contribution in [0.3, 0.4) is 0 Å². The molecule has 4 nitrogen and oxygen atoms in total. The summed E-state index contributed by atoms with van der Waals surface area (Å²) in [4.78, 5) is 9.96. The second-order valence-electron chi connectivity index (χ2n) is 6.50. The molecule has 0 amide bonds. The number of likely N-dealkylation sites (tertiary alicyclic amines) is 1. The third-order valence-electron chi connectivity index (χ3n) is 4.82. The van der Waals surface area contributed by atoms with E-state index >= 15 is 0 Å². The molecule has 1 saturated heterocycles. The summed E-state index contributed by atoms with van der Waals surface area (Å²) in [7, 11) is 0. The summed E-state index contributed by atoms with van der Waals surface area (Å²) in [5, 5.41) is 1.34. The first-order valence-corrected chi connectivity index (χ1v) is 8.66. The average Bonchev–Trinajstić information content (AvgIpc) is 3.12. The fourth-order valence-electron chi connectivity index (χ4n) is 3.46. The first kappa shape index (κ1) is 15.4. The number of nitrogens with zero attached hydrogens (tertiary/aromatic N) is 2. The molecule has 1 N–H and O–H groups in total. The van der Waals surface area contributed by atoms with Crippen LogP contribution in [0.15, 0.2) is 55.0 Å². The maximum Gasteiger partial charge on any atom is 0.0735 e. The maximum atomic E-state index is 6.05. The van der Waals surface area contributed by atoms with E-state index in [1.165, 1.54) is 16.5 Å². The quantitative estimate of drug-likeness (QED) is 0.778. The largest absolute Gasteiger partial charge is 0.373 e. The molecule has 0 atom stereocenters. The van der Waals surface area contributed by atoms with E-state index in [4.69, 9.17) is 4.74 Å². The number of pyridine rings is 1. The molecule has 3 heterocycles. The molecule has 0 radical (unpaired) electrons. The minimum atomic E-state index is 0.365. The summed E-state index contributed by atoms with van der Waals surface area (Å²) in [6, 6.07) is 12.7. The topological polar surface area (TPSA) is 41.1 Å². The number of piperidine rings is 1. The van der Waals surface area contributed by atoms with Gasteiger partial charge < -0.3 is 9.72 Å². The zero-order chi connectivity index (χ0) is 16.2. The van der Waals surface area contributed by atoms with Gasteiger partial charge in [-0.1, -0.05) is 18.2 Å². The van der Waals surface area contributed by atoms with Gasteiger partial charge in [-0.3, -0.25) is 9.88 Å². The Bertz CT molecular complexity index is 776. The van der Waals surface area contributed by atoms with Crippen molar-refractivity contribution >= 4 is 10.9 Å². The molecule has 24 heavy (non-hydrogen) atoms. The van der Waals surface area contributed by atoms with E-state index in [9.17, 15) is 0 Å². The van der Waals surface area contributed by atoms with E-state index in [0.717, 1.165) is 38.0 Å². The van der Waals surface area contributed by atoms with Crippen molar-refractivity contribution in [3.63, 3.8) is 0 Å². The van der Waals surface area contributed by atoms with Gasteiger partial charge in [0.05, 0.1) is 12.7 Å². The van der Waals surface area contributed by atoms with Gasteiger partial charge in [0.2, 0.25) is 0 Å². The van der Waals surface area contributed by atoms with Crippen LogP contribution in [0, 0.1) is 0 Å². The van der Waals surface area contributed by atoms with Gasteiger partial charge in [0, 0.05) is 49.1 Å². The van der Waals surface area contributed by atoms with Gasteiger partial charge in [-0.05, 0) is 42.2 Å². The molecule has 1 aliphatic heterocycles. The molecule has 0 saturated carbocycles. The molecule has 4 rings (SSSR count). The molecule has 3 aromatic rings. The highest BCUT2D eigenvalue weighted by molar-refractivity contribution is 5.82. The normalized spacial score (nSPS) is 16.7. The molecular formula is C20H23N3O. The van der Waals surface area contributed by atoms with Crippen LogP contribution in [0.4, 0.5) is 0 Å². The lowest BCUT2D eigenvalue weighted by Gasteiger charge is -2.32. The zero-order valence-corrected chi connectivity index (χ0v) is 13.8. The molecule has 1 aliphatic rings. The number of hydrogen-bond donors (Lipinski definition) is 1. The molecule has 0 aliphatic carbocycles. The maximum absolute atomic E-state index is 6.05. The lowest BCUT2D eigenvalue weighted by molar-refractivity contribution is -0.00396. The smallest absolute Gasteiger partial charge is 0.0735 e. The van der Waals surface area contributed by atoms with E-state index in [-0.39, 0.29) is 0 Å². The van der Waals surface area contributed by atoms with Gasteiger partial charge in [-0.15, -0.1) is 0 Å². The van der Waals surface area contributed by atoms with Gasteiger partial charge >= 0.3 is 0 Å². The van der Waals surface area contributed by atoms with Crippen molar-refractivity contribution in [2.24, 2.45) is 0 Å². The predicted octanol–water partition coefficient (Wildman–Crippen LogP) is 3.74. The van der Waals surface area contributed by atoms with Crippen LogP contribution in [0.25, 0.3) is 10.9 Å². The number of benzene rings is 1. The first-order chi connectivity index (χ1) is 11.9. The molecular weight excluding hydrogens is 298 g/mol. The van der Waals surface area contributed by atoms with Crippen molar-refractivity contribution in [2.75, 3.05) is 13.1 Å². The van der Waals surface area contributed by atoms with Crippen molar-refractivity contribution in [3.05, 3.63) is 66.1 Å². The lowest BCUT2D eigenvalue weighted by Crippen LogP contribution is -2.36. The molecule has 1 fully saturated rings. The number of rotatable bonds is 5. The van der Waals surface area contributed by atoms with Crippen LogP contribution in [0.1, 0.15) is 24.0 Å². The zero-order valence-electron chi connectivity index (χ0n) is 13.8. The van der Waals surface area contributed by atoms with Gasteiger partial charge in [-0.25, -0.2) is 0 Å². The molecule has 4 heteroatoms. The molecule has 2 aromatic heterocycles. The molecule has 0 bridgehead atoms. The van der Waals surface area contributed by atoms with Crippen LogP contribution in [0.2, 0.25) is 0 Å². The second kappa shape index (κ2) is 7.16. The highest BCUT2D eigenvalue weighted by Gasteiger charge is 2.20. The van der Waals surface area contributed by atoms with Crippen LogP contribution >= 0.6 is 0 Å². The summed E-state index contributed by atoms with van der Waals surface area (Å²) in [5.41, 5.74) is 3.78. The van der Waals surface area contributed by atoms with Crippen molar-refractivity contribution in [1.29, 1.82) is 0 Å². The highest BCUT2D eigenvalue weighted by atomic mass is 16.5. The Hall–Kier alpha value is -2.17. The van der Waals surface area contributed by atoms with Crippen LogP contribution in [-0.2, 0) is 17.9 Å². The van der Waals surface area contributed by atoms with Gasteiger partial charge in [0.25, 0.3) is 0 Å². The third kappa shape index (κ3) is 3.50. The predicted molar refractivity (Wildman–Crippen MR) is 95.6 cm³/mol. The minimum Gasteiger partial charge on any atom is -0.373 e. The Morgan fingerprint density at radius 1 is 1.12 bits per heavy atom. The van der Waals surface area contributed by atoms with Gasteiger partial charge in [-0.2, -0.15) is 0 Å². The van der Waals surface area contributed by atoms with E-state index < -0.39 is 0 Å². The van der Waals surface area contributed by atoms with Crippen LogP contribution in [-0.4, -0.2) is 34.1 Å². The van der Waals surface area contributed by atoms with Gasteiger partial charge in [0.1, 0.15) is 0 Å². The van der Waals surface area contributed by atoms with Gasteiger partial charge in [0.15, 0.2) is 0 Å². The fraction of sp³-hybridized carbons (Fsp3) is 0.350. The minimum absolute atomic E-state index is 0.365. The number of H-pyrrole nitrogens is 1.